The van der Waals surface area contributed by atoms with Crippen molar-refractivity contribution in [1.82, 2.24) is 4.98 Å². The molecule has 1 aromatic carbocycles. The van der Waals surface area contributed by atoms with Gasteiger partial charge in [0.1, 0.15) is 5.75 Å². The molecule has 2 aromatic rings. The van der Waals surface area contributed by atoms with Gasteiger partial charge in [0.25, 0.3) is 0 Å². The number of carbonyl (C=O) groups is 1. The molecule has 5 heteroatoms. The van der Waals surface area contributed by atoms with Crippen LogP contribution in [0.25, 0.3) is 0 Å². The number of methoxy groups -OCH3 is 1. The number of aromatic nitrogens is 1. The number of nitrogens with zero attached hydrogens (tertiary/aromatic N) is 2. The third-order valence-corrected chi connectivity index (χ3v) is 2.98. The summed E-state index contributed by atoms with van der Waals surface area (Å²) in [6, 6.07) is 11.1. The molecule has 1 heterocycles. The molecule has 0 aliphatic heterocycles. The maximum absolute atomic E-state index is 11.2. The number of anilines is 1. The first kappa shape index (κ1) is 13.9. The van der Waals surface area contributed by atoms with Gasteiger partial charge in [-0.3, -0.25) is 0 Å². The molecule has 104 valence electrons. The molecule has 0 fully saturated rings. The standard InChI is InChI=1S/C15H16N2O3/c1-17(10-11-5-7-12(20-2)8-6-11)13-4-3-9-16-14(13)15(18)19/h3-9H,10H2,1-2H3,(H,18,19). The van der Waals surface area contributed by atoms with Gasteiger partial charge in [-0.25, -0.2) is 9.78 Å². The first-order valence-corrected chi connectivity index (χ1v) is 6.14. The zero-order valence-corrected chi connectivity index (χ0v) is 11.4. The molecule has 0 spiro atoms. The summed E-state index contributed by atoms with van der Waals surface area (Å²) in [7, 11) is 3.46. The number of carboxylic acid groups (broad SMARTS) is 1. The fourth-order valence-electron chi connectivity index (χ4n) is 1.96. The lowest BCUT2D eigenvalue weighted by Gasteiger charge is -2.20. The number of ether oxygens (including phenoxy) is 1. The molecular weight excluding hydrogens is 256 g/mol. The van der Waals surface area contributed by atoms with Gasteiger partial charge in [0.05, 0.1) is 12.8 Å². The molecule has 20 heavy (non-hydrogen) atoms. The van der Waals surface area contributed by atoms with Crippen LogP contribution >= 0.6 is 0 Å². The van der Waals surface area contributed by atoms with Gasteiger partial charge in [-0.1, -0.05) is 12.1 Å². The molecule has 0 saturated carbocycles. The van der Waals surface area contributed by atoms with E-state index >= 15 is 0 Å². The molecule has 0 atom stereocenters. The molecule has 0 unspecified atom stereocenters. The molecule has 1 aromatic heterocycles. The normalized spacial score (nSPS) is 10.1. The molecule has 0 bridgehead atoms. The Balaban J connectivity index is 2.19. The minimum absolute atomic E-state index is 0.0588. The van der Waals surface area contributed by atoms with E-state index in [1.54, 1.807) is 19.2 Å². The second kappa shape index (κ2) is 6.06. The first-order chi connectivity index (χ1) is 9.61. The van der Waals surface area contributed by atoms with E-state index in [0.29, 0.717) is 12.2 Å². The summed E-state index contributed by atoms with van der Waals surface area (Å²) in [6.07, 6.45) is 1.48. The van der Waals surface area contributed by atoms with Gasteiger partial charge >= 0.3 is 5.97 Å². The summed E-state index contributed by atoms with van der Waals surface area (Å²) >= 11 is 0. The molecule has 0 aliphatic rings. The van der Waals surface area contributed by atoms with Crippen LogP contribution < -0.4 is 9.64 Å². The summed E-state index contributed by atoms with van der Waals surface area (Å²) < 4.78 is 5.11. The molecule has 2 rings (SSSR count). The van der Waals surface area contributed by atoms with Crippen molar-refractivity contribution >= 4 is 11.7 Å². The van der Waals surface area contributed by atoms with Crippen LogP contribution in [0, 0.1) is 0 Å². The van der Waals surface area contributed by atoms with Crippen molar-refractivity contribution in [1.29, 1.82) is 0 Å². The maximum Gasteiger partial charge on any atom is 0.356 e. The Bertz CT molecular complexity index is 596. The number of rotatable bonds is 5. The predicted molar refractivity (Wildman–Crippen MR) is 76.3 cm³/mol. The zero-order chi connectivity index (χ0) is 14.5. The fourth-order valence-corrected chi connectivity index (χ4v) is 1.96. The van der Waals surface area contributed by atoms with E-state index in [2.05, 4.69) is 4.98 Å². The topological polar surface area (TPSA) is 62.7 Å². The molecule has 5 nitrogen and oxygen atoms in total. The summed E-state index contributed by atoms with van der Waals surface area (Å²) in [4.78, 5) is 16.9. The second-order valence-corrected chi connectivity index (χ2v) is 4.38. The van der Waals surface area contributed by atoms with Crippen LogP contribution in [0.4, 0.5) is 5.69 Å². The Labute approximate surface area is 117 Å². The first-order valence-electron chi connectivity index (χ1n) is 6.14. The average Bonchev–Trinajstić information content (AvgIpc) is 2.48. The number of aromatic carboxylic acids is 1. The van der Waals surface area contributed by atoms with E-state index in [1.807, 2.05) is 36.2 Å². The lowest BCUT2D eigenvalue weighted by molar-refractivity contribution is 0.0691. The second-order valence-electron chi connectivity index (χ2n) is 4.38. The van der Waals surface area contributed by atoms with Crippen molar-refractivity contribution in [2.45, 2.75) is 6.54 Å². The predicted octanol–water partition coefficient (Wildman–Crippen LogP) is 2.42. The smallest absolute Gasteiger partial charge is 0.356 e. The van der Waals surface area contributed by atoms with Gasteiger partial charge in [0.2, 0.25) is 0 Å². The Hall–Kier alpha value is -2.56. The SMILES string of the molecule is COc1ccc(CN(C)c2cccnc2C(=O)O)cc1. The Kier molecular flexibility index (Phi) is 4.20. The van der Waals surface area contributed by atoms with Gasteiger partial charge in [0.15, 0.2) is 5.69 Å². The van der Waals surface area contributed by atoms with E-state index in [9.17, 15) is 4.79 Å². The van der Waals surface area contributed by atoms with Gasteiger partial charge in [0, 0.05) is 19.8 Å². The quantitative estimate of drug-likeness (QED) is 0.905. The number of benzene rings is 1. The Morgan fingerprint density at radius 2 is 2.00 bits per heavy atom. The lowest BCUT2D eigenvalue weighted by atomic mass is 10.2. The van der Waals surface area contributed by atoms with E-state index in [0.717, 1.165) is 11.3 Å². The van der Waals surface area contributed by atoms with E-state index in [1.165, 1.54) is 6.20 Å². The molecule has 0 aliphatic carbocycles. The minimum Gasteiger partial charge on any atom is -0.497 e. The molecule has 0 amide bonds. The van der Waals surface area contributed by atoms with Crippen molar-refractivity contribution in [3.8, 4) is 5.75 Å². The number of hydrogen-bond donors (Lipinski definition) is 1. The highest BCUT2D eigenvalue weighted by Gasteiger charge is 2.14. The Morgan fingerprint density at radius 1 is 1.30 bits per heavy atom. The highest BCUT2D eigenvalue weighted by molar-refractivity contribution is 5.92. The van der Waals surface area contributed by atoms with Gasteiger partial charge < -0.3 is 14.7 Å². The van der Waals surface area contributed by atoms with Crippen molar-refractivity contribution in [2.24, 2.45) is 0 Å². The van der Waals surface area contributed by atoms with Gasteiger partial charge in [-0.15, -0.1) is 0 Å². The van der Waals surface area contributed by atoms with Crippen molar-refractivity contribution in [2.75, 3.05) is 19.1 Å². The third-order valence-electron chi connectivity index (χ3n) is 2.98. The number of carboxylic acids is 1. The molecule has 0 radical (unpaired) electrons. The summed E-state index contributed by atoms with van der Waals surface area (Å²) in [5.74, 6) is -0.230. The number of hydrogen-bond acceptors (Lipinski definition) is 4. The summed E-state index contributed by atoms with van der Waals surface area (Å²) in [6.45, 7) is 0.593. The lowest BCUT2D eigenvalue weighted by Crippen LogP contribution is -2.20. The largest absolute Gasteiger partial charge is 0.497 e. The van der Waals surface area contributed by atoms with Crippen LogP contribution in [0.1, 0.15) is 16.1 Å². The highest BCUT2D eigenvalue weighted by atomic mass is 16.5. The number of pyridine rings is 1. The fraction of sp³-hybridized carbons (Fsp3) is 0.200. The van der Waals surface area contributed by atoms with Crippen LogP contribution in [0.2, 0.25) is 0 Å². The average molecular weight is 272 g/mol. The zero-order valence-electron chi connectivity index (χ0n) is 11.4. The highest BCUT2D eigenvalue weighted by Crippen LogP contribution is 2.20. The van der Waals surface area contributed by atoms with Gasteiger partial charge in [-0.05, 0) is 29.8 Å². The minimum atomic E-state index is -1.03. The Morgan fingerprint density at radius 3 is 2.60 bits per heavy atom. The van der Waals surface area contributed by atoms with Crippen LogP contribution in [0.3, 0.4) is 0 Å². The van der Waals surface area contributed by atoms with E-state index in [4.69, 9.17) is 9.84 Å². The molecule has 0 saturated heterocycles. The monoisotopic (exact) mass is 272 g/mol. The van der Waals surface area contributed by atoms with Crippen molar-refractivity contribution in [3.63, 3.8) is 0 Å². The summed E-state index contributed by atoms with van der Waals surface area (Å²) in [5, 5.41) is 9.14. The van der Waals surface area contributed by atoms with Crippen LogP contribution in [-0.2, 0) is 6.54 Å². The van der Waals surface area contributed by atoms with Gasteiger partial charge in [-0.2, -0.15) is 0 Å². The maximum atomic E-state index is 11.2. The van der Waals surface area contributed by atoms with Crippen LogP contribution in [-0.4, -0.2) is 30.2 Å². The van der Waals surface area contributed by atoms with Crippen LogP contribution in [0.15, 0.2) is 42.6 Å². The third kappa shape index (κ3) is 3.06. The van der Waals surface area contributed by atoms with Crippen molar-refractivity contribution in [3.05, 3.63) is 53.9 Å². The van der Waals surface area contributed by atoms with E-state index < -0.39 is 5.97 Å². The molecular formula is C15H16N2O3. The van der Waals surface area contributed by atoms with Crippen LogP contribution in [0.5, 0.6) is 5.75 Å². The molecule has 1 N–H and O–H groups in total. The van der Waals surface area contributed by atoms with Crippen molar-refractivity contribution < 1.29 is 14.6 Å². The van der Waals surface area contributed by atoms with E-state index in [-0.39, 0.29) is 5.69 Å². The summed E-state index contributed by atoms with van der Waals surface area (Å²) in [5.41, 5.74) is 1.72.